The van der Waals surface area contributed by atoms with Crippen molar-refractivity contribution in [3.05, 3.63) is 267 Å². The van der Waals surface area contributed by atoms with Crippen LogP contribution in [0.4, 0.5) is 0 Å². The van der Waals surface area contributed by atoms with Crippen LogP contribution < -0.4 is 13.9 Å². The van der Waals surface area contributed by atoms with Crippen LogP contribution in [0.5, 0.6) is 17.2 Å². The number of ether oxygens (including phenoxy) is 2. The third-order valence-corrected chi connectivity index (χ3v) is 26.0. The van der Waals surface area contributed by atoms with Gasteiger partial charge >= 0.3 is 0 Å². The number of aliphatic hydroxyl groups is 9. The Bertz CT molecular complexity index is 5670. The molecular weight excluding hydrogens is 1660 g/mol. The van der Waals surface area contributed by atoms with Gasteiger partial charge in [0.05, 0.1) is 117 Å². The second-order valence-electron chi connectivity index (χ2n) is 27.3. The number of fused-ring (bicyclic) bond motifs is 7. The summed E-state index contributed by atoms with van der Waals surface area (Å²) in [6, 6.07) is 45.0. The minimum Gasteiger partial charge on any atom is -0.543 e. The van der Waals surface area contributed by atoms with Crippen LogP contribution in [0.25, 0.3) is 76.3 Å². The number of nitrogens with zero attached hydrogens (tertiary/aromatic N) is 7. The average molecular weight is 1750 g/mol. The molecule has 598 valence electrons. The van der Waals surface area contributed by atoms with Crippen molar-refractivity contribution in [2.24, 2.45) is 0 Å². The fourth-order valence-corrected chi connectivity index (χ4v) is 14.5. The van der Waals surface area contributed by atoms with Gasteiger partial charge in [-0.1, -0.05) is 74.3 Å². The Morgan fingerprint density at radius 3 is 1.13 bits per heavy atom. The zero-order valence-electron chi connectivity index (χ0n) is 64.7. The number of rotatable bonds is 17. The van der Waals surface area contributed by atoms with Gasteiger partial charge in [-0.25, -0.2) is 19.9 Å². The number of aryl methyl sites for hydroxylation is 3. The molecule has 7 aromatic carbocycles. The van der Waals surface area contributed by atoms with Crippen LogP contribution in [0.15, 0.2) is 167 Å². The van der Waals surface area contributed by atoms with Crippen LogP contribution in [0.2, 0.25) is 28.2 Å². The highest BCUT2D eigenvalue weighted by atomic mass is 79.9. The van der Waals surface area contributed by atoms with Gasteiger partial charge in [0.1, 0.15) is 39.8 Å². The fraction of sp³-hybridized carbons (Fsp3) is 0.230. The lowest BCUT2D eigenvalue weighted by molar-refractivity contribution is 0.111. The van der Waals surface area contributed by atoms with E-state index in [-0.39, 0.29) is 64.5 Å². The van der Waals surface area contributed by atoms with E-state index in [4.69, 9.17) is 57.5 Å². The van der Waals surface area contributed by atoms with Gasteiger partial charge in [-0.05, 0) is 231 Å². The second kappa shape index (κ2) is 42.0. The van der Waals surface area contributed by atoms with Gasteiger partial charge in [0, 0.05) is 80.9 Å². The van der Waals surface area contributed by atoms with Crippen molar-refractivity contribution < 1.29 is 79.0 Å². The summed E-state index contributed by atoms with van der Waals surface area (Å²) in [5, 5.41) is 90.4. The molecule has 28 heteroatoms. The minimum atomic E-state index is -2.04. The highest BCUT2D eigenvalue weighted by molar-refractivity contribution is 9.11. The maximum atomic E-state index is 10.9. The lowest BCUT2D eigenvalue weighted by Gasteiger charge is -2.37. The lowest BCUT2D eigenvalue weighted by atomic mass is 10.0. The van der Waals surface area contributed by atoms with Crippen molar-refractivity contribution >= 4 is 165 Å². The van der Waals surface area contributed by atoms with E-state index in [0.717, 1.165) is 103 Å². The number of aldehydes is 4. The Balaban J connectivity index is 0.000000169. The third kappa shape index (κ3) is 21.7. The molecule has 0 saturated heterocycles. The minimum absolute atomic E-state index is 0.0219. The molecule has 14 aromatic rings. The van der Waals surface area contributed by atoms with Crippen LogP contribution >= 0.6 is 55.1 Å². The molecule has 0 bridgehead atoms. The van der Waals surface area contributed by atoms with Crippen molar-refractivity contribution in [2.45, 2.75) is 119 Å². The zero-order valence-corrected chi connectivity index (χ0v) is 70.4. The number of aliphatic hydroxyl groups excluding tert-OH is 9. The van der Waals surface area contributed by atoms with Crippen LogP contribution in [0.1, 0.15) is 130 Å². The smallest absolute Gasteiger partial charge is 0.250 e. The molecule has 0 unspecified atom stereocenters. The summed E-state index contributed by atoms with van der Waals surface area (Å²) in [6.45, 7) is 15.8. The summed E-state index contributed by atoms with van der Waals surface area (Å²) in [5.74, 6) is 1.71. The molecule has 9 N–H and O–H groups in total. The SMILES string of the molecule is CC(C)(C)[Si](C)(C)Oc1c(CO)ccc2nc(C=O)ccc12.COc1c(CO)c(CO)cc2c(C)ccnc12.COc1c(CO)c(CO)cc2nc(C=O)ccc12.Cc1ccc2c(Br)c(CO)ccc2n1.Cc1ccc2c(Cl)c(CO)ccc2n1.O=Cc1ccc2c(Br)c(CO)ccc2n1.O=Cc1ccc2c(Cl)c(CO)ccc2n1. The molecular formula is C87H87Br2Cl2N7O16Si. The number of hydrogen-bond acceptors (Lipinski definition) is 23. The molecule has 0 amide bonds. The predicted molar refractivity (Wildman–Crippen MR) is 458 cm³/mol. The van der Waals surface area contributed by atoms with E-state index >= 15 is 0 Å². The Labute approximate surface area is 691 Å². The van der Waals surface area contributed by atoms with Gasteiger partial charge in [0.25, 0.3) is 8.32 Å². The predicted octanol–water partition coefficient (Wildman–Crippen LogP) is 16.5. The third-order valence-electron chi connectivity index (χ3n) is 18.9. The van der Waals surface area contributed by atoms with Crippen LogP contribution in [-0.2, 0) is 59.5 Å². The first kappa shape index (κ1) is 90.4. The molecule has 7 aromatic heterocycles. The summed E-state index contributed by atoms with van der Waals surface area (Å²) in [4.78, 5) is 72.4. The maximum Gasteiger partial charge on any atom is 0.250 e. The van der Waals surface area contributed by atoms with Gasteiger partial charge in [-0.3, -0.25) is 34.1 Å². The number of methoxy groups -OCH3 is 2. The quantitative estimate of drug-likeness (QED) is 0.0302. The van der Waals surface area contributed by atoms with Crippen molar-refractivity contribution in [1.82, 2.24) is 34.9 Å². The summed E-state index contributed by atoms with van der Waals surface area (Å²) >= 11 is 19.0. The highest BCUT2D eigenvalue weighted by Gasteiger charge is 2.40. The number of hydrogen-bond donors (Lipinski definition) is 9. The van der Waals surface area contributed by atoms with E-state index in [2.05, 4.69) is 101 Å². The number of carbonyl (C=O) groups is 4. The lowest BCUT2D eigenvalue weighted by Crippen LogP contribution is -2.44. The molecule has 0 aliphatic heterocycles. The van der Waals surface area contributed by atoms with E-state index in [9.17, 15) is 44.7 Å². The van der Waals surface area contributed by atoms with E-state index in [1.54, 1.807) is 86.1 Å². The van der Waals surface area contributed by atoms with Crippen LogP contribution in [-0.4, -0.2) is 129 Å². The van der Waals surface area contributed by atoms with Crippen molar-refractivity contribution in [1.29, 1.82) is 0 Å². The Kier molecular flexibility index (Phi) is 33.0. The molecule has 0 saturated carbocycles. The molecule has 7 heterocycles. The Morgan fingerprint density at radius 2 is 0.713 bits per heavy atom. The Morgan fingerprint density at radius 1 is 0.374 bits per heavy atom. The molecule has 14 rings (SSSR count). The summed E-state index contributed by atoms with van der Waals surface area (Å²) < 4.78 is 18.8. The molecule has 0 aliphatic rings. The number of aromatic nitrogens is 7. The number of benzene rings is 7. The van der Waals surface area contributed by atoms with E-state index < -0.39 is 8.32 Å². The van der Waals surface area contributed by atoms with E-state index in [1.165, 1.54) is 7.11 Å². The van der Waals surface area contributed by atoms with Crippen molar-refractivity contribution in [3.8, 4) is 17.2 Å². The largest absolute Gasteiger partial charge is 0.543 e. The van der Waals surface area contributed by atoms with Gasteiger partial charge in [-0.2, -0.15) is 0 Å². The standard InChI is InChI=1S/C17H23NO3Si.C13H13NO4.C13H15NO3.C11H8BrNO2.C11H10BrNO.C11H8ClNO2.C11H10ClNO/c1-17(2,3)22(4,5)21-16-12(10-19)6-9-15-14(16)8-7-13(11-20)18-15;1-18-13-10-3-2-9(6-16)14-12(10)4-8(5-15)11(13)7-17;1-8-3-4-14-12-10(8)5-9(6-15)11(7-16)13(12)17-2;12-11-7(5-14)1-4-10-9(11)3-2-8(6-15)13-10;1-7-2-4-9-10(13-7)5-3-8(6-14)11(9)12;12-11-7(5-14)1-4-10-9(11)3-2-8(6-15)13-10;1-7-2-4-9-10(13-7)5-3-8(6-14)11(9)12/h6-9,11,19H,10H2,1-5H3;2-4,6,15,17H,5,7H2,1H3;3-5,15-16H,6-7H2,1-2H3;1-4,6,14H,5H2;2-5,14H,6H2,1H3;1-4,6,14H,5H2;2-5,14H,6H2,1H3. The fourth-order valence-electron chi connectivity index (χ4n) is 11.6. The molecule has 0 radical (unpaired) electrons. The van der Waals surface area contributed by atoms with Crippen molar-refractivity contribution in [2.75, 3.05) is 14.2 Å². The number of halogens is 4. The first-order chi connectivity index (χ1) is 55.1. The second-order valence-corrected chi connectivity index (χ2v) is 34.4. The number of pyridine rings is 7. The molecule has 0 fully saturated rings. The van der Waals surface area contributed by atoms with Crippen LogP contribution in [0.3, 0.4) is 0 Å². The Hall–Kier alpha value is -10.1. The van der Waals surface area contributed by atoms with E-state index in [1.807, 2.05) is 99.6 Å². The first-order valence-electron chi connectivity index (χ1n) is 35.7. The maximum absolute atomic E-state index is 10.9. The van der Waals surface area contributed by atoms with E-state index in [0.29, 0.717) is 124 Å². The zero-order chi connectivity index (χ0) is 84.0. The molecule has 23 nitrogen and oxygen atoms in total. The molecule has 0 spiro atoms. The molecule has 115 heavy (non-hydrogen) atoms. The summed E-state index contributed by atoms with van der Waals surface area (Å²) in [5.41, 5.74) is 15.9. The molecule has 0 atom stereocenters. The first-order valence-corrected chi connectivity index (χ1v) is 41.0. The van der Waals surface area contributed by atoms with Gasteiger partial charge in [-0.15, -0.1) is 0 Å². The monoisotopic (exact) mass is 1740 g/mol. The van der Waals surface area contributed by atoms with Gasteiger partial charge < -0.3 is 59.9 Å². The summed E-state index contributed by atoms with van der Waals surface area (Å²) in [7, 11) is 0.989. The van der Waals surface area contributed by atoms with Crippen molar-refractivity contribution in [3.63, 3.8) is 0 Å². The number of carbonyl (C=O) groups excluding carboxylic acids is 4. The molecule has 0 aliphatic carbocycles. The average Bonchev–Trinajstić information content (AvgIpc) is 0.787. The topological polar surface area (TPSA) is 368 Å². The van der Waals surface area contributed by atoms with Gasteiger partial charge in [0.15, 0.2) is 30.9 Å². The normalized spacial score (nSPS) is 11.0. The van der Waals surface area contributed by atoms with Crippen LogP contribution in [0, 0.1) is 20.8 Å². The highest BCUT2D eigenvalue weighted by Crippen LogP contribution is 2.42. The van der Waals surface area contributed by atoms with Gasteiger partial charge in [0.2, 0.25) is 0 Å². The summed E-state index contributed by atoms with van der Waals surface area (Å²) in [6.07, 6.45) is 4.50.